The molecule has 1 heterocycles. The zero-order valence-corrected chi connectivity index (χ0v) is 12.1. The van der Waals surface area contributed by atoms with Crippen LogP contribution in [0.15, 0.2) is 24.3 Å². The lowest BCUT2D eigenvalue weighted by Gasteiger charge is -2.08. The molecule has 3 aliphatic rings. The lowest BCUT2D eigenvalue weighted by Crippen LogP contribution is -2.39. The molecule has 2 saturated carbocycles. The lowest BCUT2D eigenvalue weighted by atomic mass is 9.99. The SMILES string of the molecule is O=C1CCC(C(=O)C(=O)C23CC2(c2ccc(Cl)cc2)C3)N1. The lowest BCUT2D eigenvalue weighted by molar-refractivity contribution is -0.139. The first-order valence-corrected chi connectivity index (χ1v) is 7.50. The Kier molecular flexibility index (Phi) is 2.45. The third kappa shape index (κ3) is 1.65. The van der Waals surface area contributed by atoms with Gasteiger partial charge >= 0.3 is 0 Å². The summed E-state index contributed by atoms with van der Waals surface area (Å²) in [5.41, 5.74) is 0.446. The van der Waals surface area contributed by atoms with E-state index in [2.05, 4.69) is 5.32 Å². The maximum absolute atomic E-state index is 12.5. The van der Waals surface area contributed by atoms with E-state index in [0.29, 0.717) is 17.9 Å². The molecule has 4 rings (SSSR count). The minimum absolute atomic E-state index is 0.144. The van der Waals surface area contributed by atoms with Gasteiger partial charge in [0.25, 0.3) is 0 Å². The van der Waals surface area contributed by atoms with E-state index < -0.39 is 17.2 Å². The van der Waals surface area contributed by atoms with Gasteiger partial charge in [0.1, 0.15) is 0 Å². The van der Waals surface area contributed by atoms with E-state index in [0.717, 1.165) is 18.4 Å². The zero-order chi connectivity index (χ0) is 14.8. The van der Waals surface area contributed by atoms with Crippen LogP contribution in [0.1, 0.15) is 31.2 Å². The molecule has 1 unspecified atom stereocenters. The van der Waals surface area contributed by atoms with Crippen LogP contribution in [0.4, 0.5) is 0 Å². The Labute approximate surface area is 126 Å². The number of carbonyl (C=O) groups excluding carboxylic acids is 3. The van der Waals surface area contributed by atoms with E-state index in [4.69, 9.17) is 11.6 Å². The highest BCUT2D eigenvalue weighted by atomic mass is 35.5. The standard InChI is InChI=1S/C16H14ClNO3/c17-10-3-1-9(2-4-10)15-7-16(15,8-15)14(21)13(20)11-5-6-12(19)18-11/h1-4,11H,5-8H2,(H,18,19). The van der Waals surface area contributed by atoms with Crippen molar-refractivity contribution in [2.24, 2.45) is 5.41 Å². The molecule has 1 amide bonds. The second kappa shape index (κ2) is 3.95. The molecule has 1 aromatic carbocycles. The minimum Gasteiger partial charge on any atom is -0.346 e. The van der Waals surface area contributed by atoms with Gasteiger partial charge in [0.05, 0.1) is 6.04 Å². The summed E-state index contributed by atoms with van der Waals surface area (Å²) in [4.78, 5) is 35.9. The molecule has 4 nitrogen and oxygen atoms in total. The number of hydrogen-bond acceptors (Lipinski definition) is 3. The van der Waals surface area contributed by atoms with Crippen molar-refractivity contribution in [2.75, 3.05) is 0 Å². The molecule has 108 valence electrons. The first kappa shape index (κ1) is 13.0. The number of amides is 1. The quantitative estimate of drug-likeness (QED) is 0.863. The summed E-state index contributed by atoms with van der Waals surface area (Å²) in [5.74, 6) is -0.868. The fourth-order valence-electron chi connectivity index (χ4n) is 3.72. The Morgan fingerprint density at radius 2 is 1.86 bits per heavy atom. The fraction of sp³-hybridized carbons (Fsp3) is 0.438. The van der Waals surface area contributed by atoms with Crippen LogP contribution in [0, 0.1) is 5.41 Å². The topological polar surface area (TPSA) is 63.2 Å². The minimum atomic E-state index is -0.608. The third-order valence-corrected chi connectivity index (χ3v) is 5.49. The normalized spacial score (nSPS) is 35.9. The van der Waals surface area contributed by atoms with E-state index in [1.54, 1.807) is 0 Å². The van der Waals surface area contributed by atoms with Crippen molar-refractivity contribution in [1.82, 2.24) is 5.32 Å². The number of nitrogens with one attached hydrogen (secondary N) is 1. The highest BCUT2D eigenvalue weighted by Crippen LogP contribution is 2.86. The van der Waals surface area contributed by atoms with Crippen molar-refractivity contribution in [1.29, 1.82) is 0 Å². The summed E-state index contributed by atoms with van der Waals surface area (Å²) in [6.07, 6.45) is 2.26. The van der Waals surface area contributed by atoms with Crippen LogP contribution in [-0.4, -0.2) is 23.5 Å². The van der Waals surface area contributed by atoms with Crippen molar-refractivity contribution in [2.45, 2.75) is 37.1 Å². The van der Waals surface area contributed by atoms with E-state index in [1.807, 2.05) is 24.3 Å². The Morgan fingerprint density at radius 1 is 1.19 bits per heavy atom. The van der Waals surface area contributed by atoms with Gasteiger partial charge in [0, 0.05) is 22.3 Å². The predicted molar refractivity (Wildman–Crippen MR) is 76.0 cm³/mol. The van der Waals surface area contributed by atoms with Crippen LogP contribution in [0.25, 0.3) is 0 Å². The highest BCUT2D eigenvalue weighted by Gasteiger charge is 2.87. The van der Waals surface area contributed by atoms with E-state index >= 15 is 0 Å². The first-order valence-electron chi connectivity index (χ1n) is 7.13. The fourth-order valence-corrected chi connectivity index (χ4v) is 3.85. The van der Waals surface area contributed by atoms with Gasteiger partial charge in [-0.25, -0.2) is 0 Å². The number of carbonyl (C=O) groups is 3. The Hall–Kier alpha value is -1.68. The molecule has 1 aromatic rings. The molecule has 0 bridgehead atoms. The van der Waals surface area contributed by atoms with Gasteiger partial charge < -0.3 is 5.32 Å². The van der Waals surface area contributed by atoms with Gasteiger partial charge in [0.2, 0.25) is 17.5 Å². The van der Waals surface area contributed by atoms with Crippen LogP contribution in [0.3, 0.4) is 0 Å². The van der Waals surface area contributed by atoms with Gasteiger partial charge in [-0.05, 0) is 37.0 Å². The number of benzene rings is 1. The number of ketones is 2. The van der Waals surface area contributed by atoms with Crippen molar-refractivity contribution in [3.05, 3.63) is 34.9 Å². The summed E-state index contributed by atoms with van der Waals surface area (Å²) in [6, 6.07) is 6.90. The van der Waals surface area contributed by atoms with Crippen molar-refractivity contribution in [3.63, 3.8) is 0 Å². The molecule has 0 aromatic heterocycles. The van der Waals surface area contributed by atoms with Crippen molar-refractivity contribution >= 4 is 29.1 Å². The van der Waals surface area contributed by atoms with Gasteiger partial charge in [-0.1, -0.05) is 23.7 Å². The van der Waals surface area contributed by atoms with Crippen LogP contribution < -0.4 is 5.32 Å². The molecular weight excluding hydrogens is 290 g/mol. The second-order valence-electron chi connectivity index (χ2n) is 6.38. The molecule has 1 atom stereocenters. The summed E-state index contributed by atoms with van der Waals surface area (Å²) in [5, 5.41) is 3.25. The van der Waals surface area contributed by atoms with Gasteiger partial charge in [-0.15, -0.1) is 0 Å². The van der Waals surface area contributed by atoms with Crippen LogP contribution in [0.2, 0.25) is 5.02 Å². The average molecular weight is 304 g/mol. The van der Waals surface area contributed by atoms with E-state index in [1.165, 1.54) is 0 Å². The number of fused-ring (bicyclic) bond motifs is 1. The van der Waals surface area contributed by atoms with E-state index in [-0.39, 0.29) is 17.1 Å². The molecule has 0 spiro atoms. The Morgan fingerprint density at radius 3 is 2.43 bits per heavy atom. The monoisotopic (exact) mass is 303 g/mol. The van der Waals surface area contributed by atoms with Gasteiger partial charge in [0.15, 0.2) is 0 Å². The molecule has 5 heteroatoms. The van der Waals surface area contributed by atoms with Gasteiger partial charge in [-0.2, -0.15) is 0 Å². The smallest absolute Gasteiger partial charge is 0.221 e. The summed E-state index contributed by atoms with van der Waals surface area (Å²) in [6.45, 7) is 0. The van der Waals surface area contributed by atoms with Crippen LogP contribution in [-0.2, 0) is 19.8 Å². The highest BCUT2D eigenvalue weighted by molar-refractivity contribution is 6.44. The largest absolute Gasteiger partial charge is 0.346 e. The summed E-state index contributed by atoms with van der Waals surface area (Å²) >= 11 is 5.88. The number of halogens is 1. The maximum atomic E-state index is 12.5. The number of hydrogen-bond donors (Lipinski definition) is 1. The summed E-state index contributed by atoms with van der Waals surface area (Å²) < 4.78 is 0. The van der Waals surface area contributed by atoms with Crippen LogP contribution >= 0.6 is 11.6 Å². The predicted octanol–water partition coefficient (Wildman–Crippen LogP) is 1.79. The number of Topliss-reactive ketones (excluding diaryl/α,β-unsaturated/α-hetero) is 2. The maximum Gasteiger partial charge on any atom is 0.221 e. The molecule has 1 saturated heterocycles. The zero-order valence-electron chi connectivity index (χ0n) is 11.3. The van der Waals surface area contributed by atoms with Crippen molar-refractivity contribution < 1.29 is 14.4 Å². The number of rotatable bonds is 4. The van der Waals surface area contributed by atoms with Gasteiger partial charge in [-0.3, -0.25) is 14.4 Å². The first-order chi connectivity index (χ1) is 9.98. The second-order valence-corrected chi connectivity index (χ2v) is 6.81. The van der Waals surface area contributed by atoms with Crippen LogP contribution in [0.5, 0.6) is 0 Å². The molecule has 21 heavy (non-hydrogen) atoms. The summed E-state index contributed by atoms with van der Waals surface area (Å²) in [7, 11) is 0. The Bertz CT molecular complexity index is 673. The molecule has 0 radical (unpaired) electrons. The van der Waals surface area contributed by atoms with Crippen molar-refractivity contribution in [3.8, 4) is 0 Å². The molecule has 2 aliphatic carbocycles. The molecular formula is C16H14ClNO3. The third-order valence-electron chi connectivity index (χ3n) is 5.24. The van der Waals surface area contributed by atoms with E-state index in [9.17, 15) is 14.4 Å². The average Bonchev–Trinajstić information content (AvgIpc) is 3.23. The Balaban J connectivity index is 1.52. The molecule has 1 aliphatic heterocycles. The molecule has 3 fully saturated rings. The molecule has 1 N–H and O–H groups in total.